The fourth-order valence-corrected chi connectivity index (χ4v) is 15.4. The van der Waals surface area contributed by atoms with Gasteiger partial charge in [0.1, 0.15) is 8.07 Å². The van der Waals surface area contributed by atoms with Crippen LogP contribution in [0.2, 0.25) is 13.1 Å². The molecule has 1 aliphatic carbocycles. The molecule has 15 heteroatoms. The number of carbonyl (C=O) groups is 2. The molecule has 2 fully saturated rings. The van der Waals surface area contributed by atoms with E-state index in [1.54, 1.807) is 26.0 Å². The van der Waals surface area contributed by atoms with Crippen LogP contribution in [0.5, 0.6) is 0 Å². The van der Waals surface area contributed by atoms with Crippen LogP contribution in [0.25, 0.3) is 27.1 Å². The predicted molar refractivity (Wildman–Crippen MR) is 321 cm³/mol. The molecule has 6 aromatic carbocycles. The largest absolute Gasteiger partial charge is 0.488 e. The van der Waals surface area contributed by atoms with E-state index in [0.717, 1.165) is 81.4 Å². The van der Waals surface area contributed by atoms with Gasteiger partial charge >= 0.3 is 14.2 Å². The minimum atomic E-state index is -2.44. The van der Waals surface area contributed by atoms with E-state index in [-0.39, 0.29) is 11.8 Å². The lowest BCUT2D eigenvalue weighted by Gasteiger charge is -2.40. The zero-order valence-electron chi connectivity index (χ0n) is 46.0. The van der Waals surface area contributed by atoms with E-state index in [1.807, 2.05) is 46.2 Å². The van der Waals surface area contributed by atoms with E-state index in [1.165, 1.54) is 32.7 Å². The van der Waals surface area contributed by atoms with Crippen molar-refractivity contribution in [1.82, 2.24) is 19.6 Å². The summed E-state index contributed by atoms with van der Waals surface area (Å²) in [6.07, 6.45) is 7.04. The van der Waals surface area contributed by atoms with Gasteiger partial charge in [0.05, 0.1) is 13.1 Å². The number of nitrogens with zero attached hydrogens (tertiary/aromatic N) is 6. The van der Waals surface area contributed by atoms with Crippen LogP contribution in [0, 0.1) is 0 Å². The number of anilines is 1. The molecule has 78 heavy (non-hydrogen) atoms. The van der Waals surface area contributed by atoms with Gasteiger partial charge in [-0.3, -0.25) is 19.4 Å². The Hall–Kier alpha value is -6.94. The Balaban J connectivity index is 1.14. The van der Waals surface area contributed by atoms with Gasteiger partial charge in [-0.25, -0.2) is 4.58 Å². The molecule has 3 aliphatic heterocycles. The summed E-state index contributed by atoms with van der Waals surface area (Å²) in [6, 6.07) is 37.6. The first-order valence-electron chi connectivity index (χ1n) is 27.2. The van der Waals surface area contributed by atoms with Crippen molar-refractivity contribution < 1.29 is 34.3 Å². The third-order valence-electron chi connectivity index (χ3n) is 16.4. The Morgan fingerprint density at radius 2 is 1.13 bits per heavy atom. The van der Waals surface area contributed by atoms with Gasteiger partial charge in [0, 0.05) is 81.3 Å². The molecule has 0 radical (unpaired) electrons. The SMILES string of the molecule is C=C(C)C(=O)N1CCN(c2ccc3c(c2)[Si](C)(C)C2=CC(=[N+]4CCN(C(=O)C(=C)C)CC4)C=CC2=C3c2ccc3c(CN(C)Cc4ccccc4B(O)O)c4ccccc4c(CN(C)Cc4ccccc4B(O)O)c3c2)CC1. The van der Waals surface area contributed by atoms with E-state index in [4.69, 9.17) is 0 Å². The molecule has 0 saturated carbocycles. The summed E-state index contributed by atoms with van der Waals surface area (Å²) in [4.78, 5) is 36.6. The number of amides is 2. The maximum atomic E-state index is 13.0. The van der Waals surface area contributed by atoms with Gasteiger partial charge < -0.3 is 34.8 Å². The number of fused-ring (bicyclic) bond motifs is 4. The number of carbonyl (C=O) groups excluding carboxylic acids is 2. The third-order valence-corrected chi connectivity index (χ3v) is 19.9. The number of rotatable bonds is 14. The first-order valence-corrected chi connectivity index (χ1v) is 30.2. The summed E-state index contributed by atoms with van der Waals surface area (Å²) in [7, 11) is -1.45. The Bertz CT molecular complexity index is 3530. The quantitative estimate of drug-likeness (QED) is 0.0485. The molecule has 10 rings (SSSR count). The first kappa shape index (κ1) is 54.4. The second kappa shape index (κ2) is 22.4. The molecule has 2 amide bonds. The van der Waals surface area contributed by atoms with Crippen molar-refractivity contribution in [3.63, 3.8) is 0 Å². The second-order valence-electron chi connectivity index (χ2n) is 22.3. The van der Waals surface area contributed by atoms with Gasteiger partial charge in [0.25, 0.3) is 0 Å². The molecular formula is C63H71B2N6O6Si+. The fraction of sp³-hybridized carbons (Fsp3) is 0.286. The average Bonchev–Trinajstić information content (AvgIpc) is 3.52. The molecule has 0 spiro atoms. The minimum absolute atomic E-state index is 0.0119. The van der Waals surface area contributed by atoms with Gasteiger partial charge in [-0.2, -0.15) is 0 Å². The Labute approximate surface area is 460 Å². The average molecular weight is 1060 g/mol. The second-order valence-corrected chi connectivity index (χ2v) is 26.7. The maximum absolute atomic E-state index is 13.0. The van der Waals surface area contributed by atoms with Crippen molar-refractivity contribution in [1.29, 1.82) is 0 Å². The molecule has 0 bridgehead atoms. The summed E-state index contributed by atoms with van der Waals surface area (Å²) in [5, 5.41) is 48.6. The molecule has 4 aliphatic rings. The van der Waals surface area contributed by atoms with Crippen LogP contribution in [-0.4, -0.2) is 151 Å². The molecule has 0 aromatic heterocycles. The minimum Gasteiger partial charge on any atom is -0.423 e. The lowest BCUT2D eigenvalue weighted by molar-refractivity contribution is -0.536. The summed E-state index contributed by atoms with van der Waals surface area (Å²) in [5.74, 6) is 0.0238. The van der Waals surface area contributed by atoms with E-state index >= 15 is 0 Å². The highest BCUT2D eigenvalue weighted by atomic mass is 28.3. The molecule has 2 saturated heterocycles. The van der Waals surface area contributed by atoms with Crippen molar-refractivity contribution in [3.05, 3.63) is 196 Å². The summed E-state index contributed by atoms with van der Waals surface area (Å²) >= 11 is 0. The Kier molecular flexibility index (Phi) is 15.6. The topological polar surface area (TPSA) is 134 Å². The van der Waals surface area contributed by atoms with E-state index in [2.05, 4.69) is 139 Å². The van der Waals surface area contributed by atoms with Crippen LogP contribution < -0.4 is 21.0 Å². The van der Waals surface area contributed by atoms with Gasteiger partial charge in [-0.15, -0.1) is 0 Å². The lowest BCUT2D eigenvalue weighted by Crippen LogP contribution is -2.51. The molecule has 6 aromatic rings. The van der Waals surface area contributed by atoms with Gasteiger partial charge in [-0.05, 0) is 140 Å². The number of hydrogen-bond acceptors (Lipinski definition) is 9. The zero-order valence-corrected chi connectivity index (χ0v) is 47.0. The van der Waals surface area contributed by atoms with Crippen molar-refractivity contribution in [2.75, 3.05) is 71.4 Å². The number of piperazine rings is 2. The van der Waals surface area contributed by atoms with Gasteiger partial charge in [0.15, 0.2) is 18.8 Å². The number of hydrogen-bond donors (Lipinski definition) is 4. The summed E-state index contributed by atoms with van der Waals surface area (Å²) in [6.45, 7) is 23.9. The third kappa shape index (κ3) is 10.7. The highest BCUT2D eigenvalue weighted by molar-refractivity contribution is 6.98. The van der Waals surface area contributed by atoms with Crippen molar-refractivity contribution in [2.24, 2.45) is 0 Å². The highest BCUT2D eigenvalue weighted by Crippen LogP contribution is 2.44. The molecule has 12 nitrogen and oxygen atoms in total. The molecule has 4 N–H and O–H groups in total. The molecule has 3 heterocycles. The first-order chi connectivity index (χ1) is 37.4. The predicted octanol–water partition coefficient (Wildman–Crippen LogP) is 5.48. The van der Waals surface area contributed by atoms with Crippen molar-refractivity contribution in [2.45, 2.75) is 53.1 Å². The van der Waals surface area contributed by atoms with Crippen LogP contribution in [0.1, 0.15) is 47.2 Å². The van der Waals surface area contributed by atoms with Crippen LogP contribution in [0.3, 0.4) is 0 Å². The van der Waals surface area contributed by atoms with Gasteiger partial charge in [-0.1, -0.05) is 117 Å². The molecule has 0 atom stereocenters. The van der Waals surface area contributed by atoms with Crippen LogP contribution in [0.15, 0.2) is 162 Å². The van der Waals surface area contributed by atoms with E-state index in [0.29, 0.717) is 74.4 Å². The van der Waals surface area contributed by atoms with E-state index < -0.39 is 22.3 Å². The van der Waals surface area contributed by atoms with Gasteiger partial charge in [0.2, 0.25) is 11.8 Å². The Morgan fingerprint density at radius 1 is 0.615 bits per heavy atom. The molecular weight excluding hydrogens is 986 g/mol. The van der Waals surface area contributed by atoms with E-state index in [9.17, 15) is 29.7 Å². The van der Waals surface area contributed by atoms with Crippen LogP contribution in [0.4, 0.5) is 5.69 Å². The lowest BCUT2D eigenvalue weighted by atomic mass is 9.77. The van der Waals surface area contributed by atoms with Crippen molar-refractivity contribution >= 4 is 88.8 Å². The summed E-state index contributed by atoms with van der Waals surface area (Å²) in [5.41, 5.74) is 13.2. The maximum Gasteiger partial charge on any atom is 0.488 e. The summed E-state index contributed by atoms with van der Waals surface area (Å²) < 4.78 is 2.41. The molecule has 398 valence electrons. The van der Waals surface area contributed by atoms with Crippen LogP contribution >= 0.6 is 0 Å². The molecule has 0 unspecified atom stereocenters. The monoisotopic (exact) mass is 1060 g/mol. The number of benzene rings is 6. The normalized spacial score (nSPS) is 16.3. The number of allylic oxidation sites excluding steroid dienone is 5. The zero-order chi connectivity index (χ0) is 55.2. The Morgan fingerprint density at radius 3 is 1.68 bits per heavy atom. The van der Waals surface area contributed by atoms with Crippen molar-refractivity contribution in [3.8, 4) is 0 Å². The fourth-order valence-electron chi connectivity index (χ4n) is 12.4. The highest BCUT2D eigenvalue weighted by Gasteiger charge is 2.41. The standard InChI is InChI=1S/C63H71B2N6O6Si/c1-42(2)62(72)70-31-27-68(28-32-70)47-22-25-52-59(36-47)78(7,8)60-37-48(69-29-33-71(34-30-69)63(73)43(3)4)23-26-53(60)61(52)44-21-24-51-54(35-44)56(41-67(6)39-46-16-10-14-20-58(46)65(76)77)50-18-12-11-17-49(50)55(51)40-66(5)38-45-15-9-13-19-57(45)64(74)75/h9-26,35-37,74-77H,1,3,27-34,38-41H2,2,4-8H3/q+1. The van der Waals surface area contributed by atoms with Crippen LogP contribution in [-0.2, 0) is 35.8 Å². The smallest absolute Gasteiger partial charge is 0.423 e.